The Kier molecular flexibility index (Phi) is 6.61. The molecule has 4 unspecified atom stereocenters. The minimum Gasteiger partial charge on any atom is -0.497 e. The van der Waals surface area contributed by atoms with Crippen LogP contribution in [0.25, 0.3) is 43.8 Å². The maximum absolute atomic E-state index is 11.3. The number of thiophene rings is 1. The number of ether oxygens (including phenoxy) is 1. The molecule has 7 rings (SSSR count). The molecule has 2 aromatic carbocycles. The van der Waals surface area contributed by atoms with E-state index in [1.807, 2.05) is 78.9 Å². The molecule has 3 aliphatic heterocycles. The molecule has 210 valence electrons. The van der Waals surface area contributed by atoms with E-state index in [1.54, 1.807) is 24.5 Å². The number of H-pyrrole nitrogens is 1. The number of hydrogen-bond acceptors (Lipinski definition) is 8. The quantitative estimate of drug-likeness (QED) is 0.183. The average molecular weight is 578 g/mol. The van der Waals surface area contributed by atoms with Gasteiger partial charge in [0.2, 0.25) is 0 Å². The van der Waals surface area contributed by atoms with Crippen LogP contribution in [0.4, 0.5) is 0 Å². The number of aliphatic hydroxyl groups is 4. The molecule has 0 saturated heterocycles. The van der Waals surface area contributed by atoms with Gasteiger partial charge in [-0.1, -0.05) is 42.5 Å². The Bertz CT molecular complexity index is 1900. The molecule has 0 saturated carbocycles. The number of rotatable bonds is 3. The first-order valence-electron chi connectivity index (χ1n) is 13.5. The fraction of sp³-hybridized carbons (Fsp3) is 0.152. The zero-order valence-electron chi connectivity index (χ0n) is 22.5. The molecule has 0 amide bonds. The lowest BCUT2D eigenvalue weighted by atomic mass is 10.0. The number of aliphatic hydroxyl groups excluding tert-OH is 4. The van der Waals surface area contributed by atoms with Crippen LogP contribution in [0.15, 0.2) is 78.9 Å². The van der Waals surface area contributed by atoms with E-state index in [2.05, 4.69) is 4.98 Å². The Hall–Kier alpha value is -4.38. The highest BCUT2D eigenvalue weighted by molar-refractivity contribution is 7.24. The second-order valence-electron chi connectivity index (χ2n) is 10.3. The summed E-state index contributed by atoms with van der Waals surface area (Å²) >= 11 is 1.54. The van der Waals surface area contributed by atoms with Gasteiger partial charge in [0.1, 0.15) is 30.2 Å². The number of benzene rings is 2. The summed E-state index contributed by atoms with van der Waals surface area (Å²) in [5.41, 5.74) is 5.86. The molecule has 0 spiro atoms. The Balaban J connectivity index is 1.63. The van der Waals surface area contributed by atoms with Gasteiger partial charge in [-0.3, -0.25) is 4.98 Å². The fourth-order valence-electron chi connectivity index (χ4n) is 5.52. The standard InChI is InChI=1S/C33H27N3O5S/c1-41-20-10-7-18(8-11-20)27-21-12-9-19(34-21)15-22-30(37)31(38)23(35-22)16-24-32(39)33(40)29(36-24)28(17-5-3-2-4-6-17)26-14-13-25(27)42-26/h2-16,30-33,35,37-40H,1H3. The summed E-state index contributed by atoms with van der Waals surface area (Å²) in [6.07, 6.45) is -1.31. The van der Waals surface area contributed by atoms with E-state index >= 15 is 0 Å². The van der Waals surface area contributed by atoms with Gasteiger partial charge < -0.3 is 30.1 Å². The zero-order valence-corrected chi connectivity index (χ0v) is 23.3. The third-order valence-electron chi connectivity index (χ3n) is 7.68. The first kappa shape index (κ1) is 26.5. The molecule has 5 heterocycles. The highest BCUT2D eigenvalue weighted by atomic mass is 32.1. The maximum atomic E-state index is 11.3. The van der Waals surface area contributed by atoms with E-state index in [-0.39, 0.29) is 11.4 Å². The van der Waals surface area contributed by atoms with Crippen molar-refractivity contribution in [2.75, 3.05) is 7.11 Å². The molecule has 3 aliphatic rings. The van der Waals surface area contributed by atoms with Crippen molar-refractivity contribution >= 4 is 32.9 Å². The topological polar surface area (TPSA) is 132 Å². The molecule has 8 nitrogen and oxygen atoms in total. The van der Waals surface area contributed by atoms with Crippen LogP contribution in [0.1, 0.15) is 58.6 Å². The molecule has 8 bridgehead atoms. The van der Waals surface area contributed by atoms with Gasteiger partial charge in [0.05, 0.1) is 29.9 Å². The number of hydrogen-bond donors (Lipinski definition) is 5. The van der Waals surface area contributed by atoms with Gasteiger partial charge in [0, 0.05) is 31.9 Å². The number of methoxy groups -OCH3 is 1. The Morgan fingerprint density at radius 3 is 2.07 bits per heavy atom. The second kappa shape index (κ2) is 10.5. The van der Waals surface area contributed by atoms with Gasteiger partial charge >= 0.3 is 0 Å². The molecule has 4 atom stereocenters. The molecule has 4 aromatic rings. The van der Waals surface area contributed by atoms with Crippen LogP contribution in [-0.2, 0) is 0 Å². The highest BCUT2D eigenvalue weighted by Crippen LogP contribution is 2.43. The summed E-state index contributed by atoms with van der Waals surface area (Å²) in [5.74, 6) is 0.738. The van der Waals surface area contributed by atoms with Crippen LogP contribution in [0.2, 0.25) is 0 Å². The van der Waals surface area contributed by atoms with Crippen molar-refractivity contribution in [1.82, 2.24) is 15.0 Å². The second-order valence-corrected chi connectivity index (χ2v) is 11.4. The third-order valence-corrected chi connectivity index (χ3v) is 8.80. The van der Waals surface area contributed by atoms with E-state index in [0.717, 1.165) is 37.5 Å². The zero-order chi connectivity index (χ0) is 29.0. The highest BCUT2D eigenvalue weighted by Gasteiger charge is 2.34. The van der Waals surface area contributed by atoms with Gasteiger partial charge in [0.25, 0.3) is 0 Å². The predicted octanol–water partition coefficient (Wildman–Crippen LogP) is 5.82. The van der Waals surface area contributed by atoms with Gasteiger partial charge in [-0.05, 0) is 59.7 Å². The lowest BCUT2D eigenvalue weighted by molar-refractivity contribution is 0.0219. The summed E-state index contributed by atoms with van der Waals surface area (Å²) in [6.45, 7) is 0. The molecule has 0 fully saturated rings. The summed E-state index contributed by atoms with van der Waals surface area (Å²) in [4.78, 5) is 12.6. The third kappa shape index (κ3) is 4.48. The summed E-state index contributed by atoms with van der Waals surface area (Å²) < 4.78 is 7.19. The molecule has 9 heteroatoms. The van der Waals surface area contributed by atoms with Crippen LogP contribution >= 0.6 is 11.3 Å². The van der Waals surface area contributed by atoms with Crippen molar-refractivity contribution in [2.24, 2.45) is 0 Å². The molecule has 42 heavy (non-hydrogen) atoms. The predicted molar refractivity (Wildman–Crippen MR) is 162 cm³/mol. The first-order valence-corrected chi connectivity index (χ1v) is 14.3. The fourth-order valence-corrected chi connectivity index (χ4v) is 6.68. The number of nitrogens with one attached hydrogen (secondary N) is 1. The van der Waals surface area contributed by atoms with Crippen molar-refractivity contribution in [3.05, 3.63) is 113 Å². The normalized spacial score (nSPS) is 20.4. The lowest BCUT2D eigenvalue weighted by Crippen LogP contribution is -2.05. The SMILES string of the molecule is COc1ccc(-c2c3nc(cc4[nH]c(cc5nc(c(-c6ccccc6)c6ccc2s6)C(O)C5O)C(O)C4O)C=C3)cc1. The van der Waals surface area contributed by atoms with Crippen molar-refractivity contribution in [1.29, 1.82) is 0 Å². The summed E-state index contributed by atoms with van der Waals surface area (Å²) in [7, 11) is 1.63. The molecular weight excluding hydrogens is 550 g/mol. The minimum absolute atomic E-state index is 0.184. The lowest BCUT2D eigenvalue weighted by Gasteiger charge is -2.11. The van der Waals surface area contributed by atoms with E-state index in [1.165, 1.54) is 6.07 Å². The van der Waals surface area contributed by atoms with Gasteiger partial charge in [-0.15, -0.1) is 11.3 Å². The molecule has 2 aromatic heterocycles. The number of aromatic nitrogens is 3. The summed E-state index contributed by atoms with van der Waals surface area (Å²) in [6, 6.07) is 24.6. The first-order chi connectivity index (χ1) is 20.4. The Morgan fingerprint density at radius 1 is 0.690 bits per heavy atom. The van der Waals surface area contributed by atoms with E-state index in [9.17, 15) is 20.4 Å². The van der Waals surface area contributed by atoms with E-state index < -0.39 is 24.4 Å². The summed E-state index contributed by atoms with van der Waals surface area (Å²) in [5, 5.41) is 43.9. The van der Waals surface area contributed by atoms with Crippen LogP contribution in [-0.4, -0.2) is 42.5 Å². The number of fused-ring (bicyclic) bond motifs is 8. The van der Waals surface area contributed by atoms with Gasteiger partial charge in [-0.2, -0.15) is 0 Å². The van der Waals surface area contributed by atoms with Crippen LogP contribution < -0.4 is 4.74 Å². The molecule has 0 aliphatic carbocycles. The van der Waals surface area contributed by atoms with E-state index in [4.69, 9.17) is 14.7 Å². The maximum Gasteiger partial charge on any atom is 0.128 e. The van der Waals surface area contributed by atoms with Crippen LogP contribution in [0.5, 0.6) is 5.75 Å². The largest absolute Gasteiger partial charge is 0.497 e. The Morgan fingerprint density at radius 2 is 1.36 bits per heavy atom. The molecule has 0 radical (unpaired) electrons. The van der Waals surface area contributed by atoms with Crippen molar-refractivity contribution in [2.45, 2.75) is 24.4 Å². The minimum atomic E-state index is -1.32. The van der Waals surface area contributed by atoms with Crippen LogP contribution in [0, 0.1) is 0 Å². The average Bonchev–Trinajstić information content (AvgIpc) is 3.78. The number of aromatic amines is 1. The van der Waals surface area contributed by atoms with E-state index in [0.29, 0.717) is 22.6 Å². The monoisotopic (exact) mass is 577 g/mol. The van der Waals surface area contributed by atoms with Crippen LogP contribution in [0.3, 0.4) is 0 Å². The Labute approximate surface area is 245 Å². The molecule has 5 N–H and O–H groups in total. The molecular formula is C33H27N3O5S. The smallest absolute Gasteiger partial charge is 0.128 e. The van der Waals surface area contributed by atoms with Gasteiger partial charge in [-0.25, -0.2) is 4.98 Å². The number of nitrogens with zero attached hydrogens (tertiary/aromatic N) is 2. The van der Waals surface area contributed by atoms with Crippen molar-refractivity contribution in [3.63, 3.8) is 0 Å². The van der Waals surface area contributed by atoms with Crippen molar-refractivity contribution < 1.29 is 25.2 Å². The van der Waals surface area contributed by atoms with Crippen molar-refractivity contribution in [3.8, 4) is 28.0 Å². The van der Waals surface area contributed by atoms with Gasteiger partial charge in [0.15, 0.2) is 0 Å².